The number of ether oxygens (including phenoxy) is 1. The van der Waals surface area contributed by atoms with Gasteiger partial charge >= 0.3 is 0 Å². The summed E-state index contributed by atoms with van der Waals surface area (Å²) in [4.78, 5) is 5.13. The lowest BCUT2D eigenvalue weighted by atomic mass is 10.0. The predicted octanol–water partition coefficient (Wildman–Crippen LogP) is 1.17. The highest BCUT2D eigenvalue weighted by atomic mass is 16.5. The van der Waals surface area contributed by atoms with E-state index in [4.69, 9.17) is 4.74 Å². The molecule has 0 amide bonds. The molecule has 2 aliphatic rings. The van der Waals surface area contributed by atoms with Gasteiger partial charge in [0.05, 0.1) is 13.2 Å². The van der Waals surface area contributed by atoms with Crippen LogP contribution < -0.4 is 5.32 Å². The van der Waals surface area contributed by atoms with Gasteiger partial charge in [0.15, 0.2) is 0 Å². The highest BCUT2D eigenvalue weighted by molar-refractivity contribution is 4.77. The molecule has 4 nitrogen and oxygen atoms in total. The molecule has 0 aromatic heterocycles. The first-order chi connectivity index (χ1) is 9.38. The van der Waals surface area contributed by atoms with Crippen molar-refractivity contribution in [3.63, 3.8) is 0 Å². The van der Waals surface area contributed by atoms with E-state index in [1.165, 1.54) is 58.4 Å². The minimum atomic E-state index is 0.762. The lowest BCUT2D eigenvalue weighted by Gasteiger charge is -2.32. The molecule has 2 fully saturated rings. The van der Waals surface area contributed by atoms with Gasteiger partial charge in [-0.15, -0.1) is 0 Å². The fraction of sp³-hybridized carbons (Fsp3) is 1.00. The summed E-state index contributed by atoms with van der Waals surface area (Å²) in [7, 11) is 0. The van der Waals surface area contributed by atoms with Crippen LogP contribution in [0.25, 0.3) is 0 Å². The third-order valence-corrected chi connectivity index (χ3v) is 4.32. The van der Waals surface area contributed by atoms with Crippen molar-refractivity contribution in [1.29, 1.82) is 0 Å². The van der Waals surface area contributed by atoms with Crippen molar-refractivity contribution in [1.82, 2.24) is 15.1 Å². The van der Waals surface area contributed by atoms with Crippen molar-refractivity contribution in [2.24, 2.45) is 0 Å². The third-order valence-electron chi connectivity index (χ3n) is 4.32. The molecular weight excluding hydrogens is 238 g/mol. The fourth-order valence-electron chi connectivity index (χ4n) is 3.11. The van der Waals surface area contributed by atoms with E-state index in [1.807, 2.05) is 0 Å². The zero-order valence-corrected chi connectivity index (χ0v) is 12.6. The average Bonchev–Trinajstić information content (AvgIpc) is 2.47. The van der Waals surface area contributed by atoms with E-state index in [2.05, 4.69) is 22.0 Å². The number of nitrogens with one attached hydrogen (secondary N) is 1. The molecule has 0 unspecified atom stereocenters. The Hall–Kier alpha value is -0.160. The topological polar surface area (TPSA) is 27.7 Å². The zero-order chi connectivity index (χ0) is 13.3. The SMILES string of the molecule is CCCN1CCC(NCCCN2CCOCC2)CC1. The molecule has 0 aromatic carbocycles. The van der Waals surface area contributed by atoms with E-state index in [1.54, 1.807) is 0 Å². The average molecular weight is 269 g/mol. The second-order valence-corrected chi connectivity index (χ2v) is 5.88. The minimum Gasteiger partial charge on any atom is -0.379 e. The number of nitrogens with zero attached hydrogens (tertiary/aromatic N) is 2. The van der Waals surface area contributed by atoms with Crippen LogP contribution in [0, 0.1) is 0 Å². The van der Waals surface area contributed by atoms with Gasteiger partial charge in [-0.1, -0.05) is 6.92 Å². The van der Waals surface area contributed by atoms with Gasteiger partial charge in [0.1, 0.15) is 0 Å². The summed E-state index contributed by atoms with van der Waals surface area (Å²) in [5.74, 6) is 0. The second kappa shape index (κ2) is 8.90. The molecule has 112 valence electrons. The van der Waals surface area contributed by atoms with Crippen LogP contribution >= 0.6 is 0 Å². The largest absolute Gasteiger partial charge is 0.379 e. The number of rotatable bonds is 7. The van der Waals surface area contributed by atoms with Crippen LogP contribution in [0.1, 0.15) is 32.6 Å². The molecule has 0 saturated carbocycles. The van der Waals surface area contributed by atoms with Crippen LogP contribution in [0.2, 0.25) is 0 Å². The molecule has 0 bridgehead atoms. The van der Waals surface area contributed by atoms with E-state index in [0.29, 0.717) is 0 Å². The Balaban J connectivity index is 1.47. The molecule has 0 radical (unpaired) electrons. The molecule has 0 atom stereocenters. The molecule has 4 heteroatoms. The Morgan fingerprint density at radius 1 is 1.00 bits per heavy atom. The van der Waals surface area contributed by atoms with E-state index >= 15 is 0 Å². The number of piperidine rings is 1. The van der Waals surface area contributed by atoms with Gasteiger partial charge in [-0.3, -0.25) is 4.90 Å². The van der Waals surface area contributed by atoms with Crippen LogP contribution in [0.3, 0.4) is 0 Å². The van der Waals surface area contributed by atoms with E-state index in [0.717, 1.165) is 32.3 Å². The summed E-state index contributed by atoms with van der Waals surface area (Å²) in [5.41, 5.74) is 0. The summed E-state index contributed by atoms with van der Waals surface area (Å²) < 4.78 is 5.37. The maximum absolute atomic E-state index is 5.37. The normalized spacial score (nSPS) is 23.8. The number of hydrogen-bond acceptors (Lipinski definition) is 4. The predicted molar refractivity (Wildman–Crippen MR) is 79.6 cm³/mol. The fourth-order valence-corrected chi connectivity index (χ4v) is 3.11. The van der Waals surface area contributed by atoms with Crippen LogP contribution in [0.15, 0.2) is 0 Å². The lowest BCUT2D eigenvalue weighted by molar-refractivity contribution is 0.0373. The summed E-state index contributed by atoms with van der Waals surface area (Å²) in [6.45, 7) is 12.6. The molecule has 1 N–H and O–H groups in total. The van der Waals surface area contributed by atoms with Gasteiger partial charge in [0.25, 0.3) is 0 Å². The van der Waals surface area contributed by atoms with Gasteiger partial charge in [-0.05, 0) is 58.4 Å². The highest BCUT2D eigenvalue weighted by Crippen LogP contribution is 2.10. The standard InChI is InChI=1S/C15H31N3O/c1-2-7-17-9-4-15(5-10-17)16-6-3-8-18-11-13-19-14-12-18/h15-16H,2-14H2,1H3. The maximum atomic E-state index is 5.37. The Labute approximate surface area is 118 Å². The first-order valence-electron chi connectivity index (χ1n) is 8.14. The first-order valence-corrected chi connectivity index (χ1v) is 8.14. The highest BCUT2D eigenvalue weighted by Gasteiger charge is 2.17. The van der Waals surface area contributed by atoms with Crippen LogP contribution in [0.4, 0.5) is 0 Å². The Kier molecular flexibility index (Phi) is 7.14. The molecule has 0 spiro atoms. The molecule has 2 saturated heterocycles. The monoisotopic (exact) mass is 269 g/mol. The molecular formula is C15H31N3O. The van der Waals surface area contributed by atoms with Crippen molar-refractivity contribution in [2.75, 3.05) is 59.0 Å². The zero-order valence-electron chi connectivity index (χ0n) is 12.6. The van der Waals surface area contributed by atoms with Gasteiger partial charge in [-0.2, -0.15) is 0 Å². The Morgan fingerprint density at radius 2 is 1.68 bits per heavy atom. The van der Waals surface area contributed by atoms with Gasteiger partial charge < -0.3 is 15.0 Å². The molecule has 2 rings (SSSR count). The maximum Gasteiger partial charge on any atom is 0.0594 e. The molecule has 2 aliphatic heterocycles. The summed E-state index contributed by atoms with van der Waals surface area (Å²) in [5, 5.41) is 3.74. The van der Waals surface area contributed by atoms with Crippen LogP contribution in [-0.2, 0) is 4.74 Å². The van der Waals surface area contributed by atoms with Crippen molar-refractivity contribution in [2.45, 2.75) is 38.6 Å². The number of morpholine rings is 1. The number of likely N-dealkylation sites (tertiary alicyclic amines) is 1. The van der Waals surface area contributed by atoms with Gasteiger partial charge in [0.2, 0.25) is 0 Å². The summed E-state index contributed by atoms with van der Waals surface area (Å²) in [6, 6.07) is 0.762. The van der Waals surface area contributed by atoms with Crippen molar-refractivity contribution in [3.8, 4) is 0 Å². The minimum absolute atomic E-state index is 0.762. The molecule has 0 aliphatic carbocycles. The third kappa shape index (κ3) is 5.78. The molecule has 2 heterocycles. The van der Waals surface area contributed by atoms with Crippen LogP contribution in [0.5, 0.6) is 0 Å². The Bertz CT molecular complexity index is 223. The first kappa shape index (κ1) is 15.2. The van der Waals surface area contributed by atoms with E-state index in [-0.39, 0.29) is 0 Å². The smallest absolute Gasteiger partial charge is 0.0594 e. The summed E-state index contributed by atoms with van der Waals surface area (Å²) in [6.07, 6.45) is 5.22. The Morgan fingerprint density at radius 3 is 2.37 bits per heavy atom. The van der Waals surface area contributed by atoms with E-state index < -0.39 is 0 Å². The van der Waals surface area contributed by atoms with Crippen LogP contribution in [-0.4, -0.2) is 74.9 Å². The van der Waals surface area contributed by atoms with Crippen molar-refractivity contribution < 1.29 is 4.74 Å². The van der Waals surface area contributed by atoms with Crippen molar-refractivity contribution in [3.05, 3.63) is 0 Å². The van der Waals surface area contributed by atoms with Gasteiger partial charge in [-0.25, -0.2) is 0 Å². The molecule has 0 aromatic rings. The number of hydrogen-bond donors (Lipinski definition) is 1. The van der Waals surface area contributed by atoms with Gasteiger partial charge in [0, 0.05) is 19.1 Å². The van der Waals surface area contributed by atoms with E-state index in [9.17, 15) is 0 Å². The molecule has 19 heavy (non-hydrogen) atoms. The van der Waals surface area contributed by atoms with Crippen molar-refractivity contribution >= 4 is 0 Å². The second-order valence-electron chi connectivity index (χ2n) is 5.88. The quantitative estimate of drug-likeness (QED) is 0.702. The summed E-state index contributed by atoms with van der Waals surface area (Å²) >= 11 is 0. The lowest BCUT2D eigenvalue weighted by Crippen LogP contribution is -2.43.